The molecule has 2 amide bonds. The zero-order chi connectivity index (χ0) is 18.2. The molecule has 0 atom stereocenters. The van der Waals surface area contributed by atoms with E-state index < -0.39 is 11.8 Å². The summed E-state index contributed by atoms with van der Waals surface area (Å²) < 4.78 is 15.4. The van der Waals surface area contributed by atoms with Crippen molar-refractivity contribution < 1.29 is 23.8 Å². The molecular weight excluding hydrogens is 324 g/mol. The van der Waals surface area contributed by atoms with Crippen molar-refractivity contribution in [2.75, 3.05) is 26.6 Å². The summed E-state index contributed by atoms with van der Waals surface area (Å²) in [5.74, 6) is 0.0853. The molecule has 0 aromatic heterocycles. The van der Waals surface area contributed by atoms with E-state index in [1.165, 1.54) is 14.2 Å². The van der Waals surface area contributed by atoms with Crippen LogP contribution in [0.3, 0.4) is 0 Å². The Labute approximate surface area is 145 Å². The normalized spacial score (nSPS) is 9.88. The number of amides is 2. The largest absolute Gasteiger partial charge is 0.497 e. The molecule has 0 radical (unpaired) electrons. The molecule has 2 N–H and O–H groups in total. The Kier molecular flexibility index (Phi) is 6.22. The number of anilines is 1. The minimum Gasteiger partial charge on any atom is -0.497 e. The van der Waals surface area contributed by atoms with Gasteiger partial charge in [-0.3, -0.25) is 9.59 Å². The van der Waals surface area contributed by atoms with Gasteiger partial charge in [0.2, 0.25) is 0 Å². The molecule has 25 heavy (non-hydrogen) atoms. The first kappa shape index (κ1) is 18.1. The van der Waals surface area contributed by atoms with Crippen LogP contribution in [0.15, 0.2) is 42.5 Å². The molecule has 0 aliphatic heterocycles. The van der Waals surface area contributed by atoms with Gasteiger partial charge in [0.1, 0.15) is 17.2 Å². The van der Waals surface area contributed by atoms with E-state index in [4.69, 9.17) is 14.2 Å². The number of carbonyl (C=O) groups is 2. The highest BCUT2D eigenvalue weighted by Gasteiger charge is 2.16. The van der Waals surface area contributed by atoms with Crippen LogP contribution in [0.5, 0.6) is 17.2 Å². The fourth-order valence-corrected chi connectivity index (χ4v) is 2.14. The molecule has 0 bridgehead atoms. The number of benzene rings is 2. The molecule has 0 fully saturated rings. The fourth-order valence-electron chi connectivity index (χ4n) is 2.14. The van der Waals surface area contributed by atoms with E-state index in [1.807, 2.05) is 12.1 Å². The molecule has 0 heterocycles. The van der Waals surface area contributed by atoms with Crippen molar-refractivity contribution >= 4 is 17.5 Å². The second-order valence-electron chi connectivity index (χ2n) is 5.05. The third kappa shape index (κ3) is 4.87. The van der Waals surface area contributed by atoms with Gasteiger partial charge in [0.15, 0.2) is 0 Å². The van der Waals surface area contributed by atoms with Gasteiger partial charge in [-0.25, -0.2) is 0 Å². The second kappa shape index (κ2) is 8.58. The van der Waals surface area contributed by atoms with E-state index in [1.54, 1.807) is 37.4 Å². The predicted molar refractivity (Wildman–Crippen MR) is 93.0 cm³/mol. The first-order valence-electron chi connectivity index (χ1n) is 7.51. The Balaban J connectivity index is 1.99. The predicted octanol–water partition coefficient (Wildman–Crippen LogP) is 1.97. The standard InChI is InChI=1S/C18H20N2O5/c1-23-13-6-4-5-12(9-13)11-19-17(21)18(22)20-15-10-14(24-2)7-8-16(15)25-3/h4-10H,11H2,1-3H3,(H,19,21)(H,20,22). The van der Waals surface area contributed by atoms with E-state index in [0.717, 1.165) is 5.56 Å². The summed E-state index contributed by atoms with van der Waals surface area (Å²) in [4.78, 5) is 24.1. The fraction of sp³-hybridized carbons (Fsp3) is 0.222. The quantitative estimate of drug-likeness (QED) is 0.783. The van der Waals surface area contributed by atoms with Crippen LogP contribution in [0.25, 0.3) is 0 Å². The van der Waals surface area contributed by atoms with Crippen molar-refractivity contribution in [3.05, 3.63) is 48.0 Å². The van der Waals surface area contributed by atoms with Gasteiger partial charge in [-0.15, -0.1) is 0 Å². The van der Waals surface area contributed by atoms with Crippen LogP contribution in [0.1, 0.15) is 5.56 Å². The van der Waals surface area contributed by atoms with E-state index in [0.29, 0.717) is 22.9 Å². The van der Waals surface area contributed by atoms with Crippen molar-refractivity contribution in [1.82, 2.24) is 5.32 Å². The second-order valence-corrected chi connectivity index (χ2v) is 5.05. The van der Waals surface area contributed by atoms with Crippen LogP contribution in [0, 0.1) is 0 Å². The molecule has 2 rings (SSSR count). The van der Waals surface area contributed by atoms with Gasteiger partial charge in [0.05, 0.1) is 27.0 Å². The Bertz CT molecular complexity index is 761. The molecule has 0 saturated carbocycles. The summed E-state index contributed by atoms with van der Waals surface area (Å²) in [7, 11) is 4.54. The average Bonchev–Trinajstić information content (AvgIpc) is 2.66. The SMILES string of the molecule is COc1cccc(CNC(=O)C(=O)Nc2cc(OC)ccc2OC)c1. The van der Waals surface area contributed by atoms with Crippen LogP contribution in [0.2, 0.25) is 0 Å². The Morgan fingerprint density at radius 2 is 1.60 bits per heavy atom. The lowest BCUT2D eigenvalue weighted by Gasteiger charge is -2.12. The van der Waals surface area contributed by atoms with Gasteiger partial charge in [-0.2, -0.15) is 0 Å². The monoisotopic (exact) mass is 344 g/mol. The van der Waals surface area contributed by atoms with E-state index in [2.05, 4.69) is 10.6 Å². The third-order valence-corrected chi connectivity index (χ3v) is 3.45. The summed E-state index contributed by atoms with van der Waals surface area (Å²) in [6, 6.07) is 12.1. The van der Waals surface area contributed by atoms with Crippen molar-refractivity contribution in [2.45, 2.75) is 6.54 Å². The molecule has 132 valence electrons. The maximum absolute atomic E-state index is 12.1. The minimum absolute atomic E-state index is 0.207. The summed E-state index contributed by atoms with van der Waals surface area (Å²) in [5.41, 5.74) is 1.17. The molecule has 0 aliphatic rings. The highest BCUT2D eigenvalue weighted by atomic mass is 16.5. The number of carbonyl (C=O) groups excluding carboxylic acids is 2. The van der Waals surface area contributed by atoms with Crippen LogP contribution in [-0.4, -0.2) is 33.1 Å². The summed E-state index contributed by atoms with van der Waals surface area (Å²) in [6.45, 7) is 0.207. The molecule has 7 nitrogen and oxygen atoms in total. The van der Waals surface area contributed by atoms with Gasteiger partial charge < -0.3 is 24.8 Å². The minimum atomic E-state index is -0.797. The average molecular weight is 344 g/mol. The van der Waals surface area contributed by atoms with Crippen LogP contribution >= 0.6 is 0 Å². The number of ether oxygens (including phenoxy) is 3. The molecule has 7 heteroatoms. The maximum Gasteiger partial charge on any atom is 0.313 e. The first-order valence-corrected chi connectivity index (χ1v) is 7.51. The zero-order valence-corrected chi connectivity index (χ0v) is 14.3. The molecule has 0 unspecified atom stereocenters. The smallest absolute Gasteiger partial charge is 0.313 e. The lowest BCUT2D eigenvalue weighted by Crippen LogP contribution is -2.35. The first-order chi connectivity index (χ1) is 12.1. The van der Waals surface area contributed by atoms with Gasteiger partial charge in [-0.1, -0.05) is 12.1 Å². The number of hydrogen-bond donors (Lipinski definition) is 2. The molecule has 2 aromatic rings. The topological polar surface area (TPSA) is 85.9 Å². The van der Waals surface area contributed by atoms with E-state index in [-0.39, 0.29) is 6.54 Å². The molecular formula is C18H20N2O5. The maximum atomic E-state index is 12.1. The van der Waals surface area contributed by atoms with Crippen LogP contribution in [0.4, 0.5) is 5.69 Å². The van der Waals surface area contributed by atoms with Crippen LogP contribution in [-0.2, 0) is 16.1 Å². The van der Waals surface area contributed by atoms with E-state index in [9.17, 15) is 9.59 Å². The Morgan fingerprint density at radius 3 is 2.28 bits per heavy atom. The molecule has 2 aromatic carbocycles. The number of rotatable bonds is 6. The van der Waals surface area contributed by atoms with Gasteiger partial charge in [-0.05, 0) is 29.8 Å². The van der Waals surface area contributed by atoms with Crippen molar-refractivity contribution in [3.63, 3.8) is 0 Å². The number of hydrogen-bond acceptors (Lipinski definition) is 5. The van der Waals surface area contributed by atoms with Crippen molar-refractivity contribution in [3.8, 4) is 17.2 Å². The number of methoxy groups -OCH3 is 3. The zero-order valence-electron chi connectivity index (χ0n) is 14.3. The summed E-state index contributed by atoms with van der Waals surface area (Å²) in [6.07, 6.45) is 0. The lowest BCUT2D eigenvalue weighted by atomic mass is 10.2. The Hall–Kier alpha value is -3.22. The van der Waals surface area contributed by atoms with Crippen molar-refractivity contribution in [2.24, 2.45) is 0 Å². The number of nitrogens with one attached hydrogen (secondary N) is 2. The van der Waals surface area contributed by atoms with Crippen LogP contribution < -0.4 is 24.8 Å². The highest BCUT2D eigenvalue weighted by molar-refractivity contribution is 6.39. The van der Waals surface area contributed by atoms with Crippen molar-refractivity contribution in [1.29, 1.82) is 0 Å². The molecule has 0 aliphatic carbocycles. The van der Waals surface area contributed by atoms with Gasteiger partial charge in [0, 0.05) is 12.6 Å². The van der Waals surface area contributed by atoms with Gasteiger partial charge >= 0.3 is 11.8 Å². The van der Waals surface area contributed by atoms with E-state index >= 15 is 0 Å². The third-order valence-electron chi connectivity index (χ3n) is 3.45. The highest BCUT2D eigenvalue weighted by Crippen LogP contribution is 2.28. The lowest BCUT2D eigenvalue weighted by molar-refractivity contribution is -0.136. The Morgan fingerprint density at radius 1 is 0.880 bits per heavy atom. The molecule has 0 saturated heterocycles. The molecule has 0 spiro atoms. The van der Waals surface area contributed by atoms with Gasteiger partial charge in [0.25, 0.3) is 0 Å². The summed E-state index contributed by atoms with van der Waals surface area (Å²) >= 11 is 0. The summed E-state index contributed by atoms with van der Waals surface area (Å²) in [5, 5.41) is 5.07.